The van der Waals surface area contributed by atoms with Crippen LogP contribution in [0.5, 0.6) is 0 Å². The number of carbonyl (C=O) groups is 1. The van der Waals surface area contributed by atoms with E-state index in [4.69, 9.17) is 4.74 Å². The van der Waals surface area contributed by atoms with E-state index in [1.807, 2.05) is 6.07 Å². The monoisotopic (exact) mass is 263 g/mol. The predicted molar refractivity (Wildman–Crippen MR) is 74.3 cm³/mol. The first-order chi connectivity index (χ1) is 9.00. The van der Waals surface area contributed by atoms with Crippen molar-refractivity contribution in [2.75, 3.05) is 32.6 Å². The molecule has 0 aromatic carbocycles. The Labute approximate surface area is 114 Å². The summed E-state index contributed by atoms with van der Waals surface area (Å²) in [6.07, 6.45) is 3.78. The minimum Gasteiger partial charge on any atom is -0.373 e. The lowest BCUT2D eigenvalue weighted by Gasteiger charge is -2.23. The van der Waals surface area contributed by atoms with Gasteiger partial charge in [-0.05, 0) is 31.9 Å². The Morgan fingerprint density at radius 2 is 2.32 bits per heavy atom. The number of nitrogens with zero attached hydrogens (tertiary/aromatic N) is 2. The highest BCUT2D eigenvalue weighted by atomic mass is 16.5. The molecule has 5 heteroatoms. The lowest BCUT2D eigenvalue weighted by atomic mass is 10.0. The quantitative estimate of drug-likeness (QED) is 0.899. The zero-order chi connectivity index (χ0) is 13.9. The molecule has 0 saturated carbocycles. The van der Waals surface area contributed by atoms with E-state index in [-0.39, 0.29) is 11.5 Å². The Balaban J connectivity index is 1.93. The highest BCUT2D eigenvalue weighted by molar-refractivity contribution is 5.93. The number of amides is 1. The molecule has 1 aromatic rings. The van der Waals surface area contributed by atoms with Gasteiger partial charge in [0.05, 0.1) is 11.2 Å². The second-order valence-corrected chi connectivity index (χ2v) is 5.39. The summed E-state index contributed by atoms with van der Waals surface area (Å²) in [6.45, 7) is 3.68. The fourth-order valence-electron chi connectivity index (χ4n) is 2.14. The van der Waals surface area contributed by atoms with Gasteiger partial charge in [0, 0.05) is 33.4 Å². The average molecular weight is 263 g/mol. The van der Waals surface area contributed by atoms with Crippen LogP contribution in [-0.2, 0) is 4.74 Å². The zero-order valence-corrected chi connectivity index (χ0v) is 11.8. The van der Waals surface area contributed by atoms with Crippen molar-refractivity contribution in [3.63, 3.8) is 0 Å². The average Bonchev–Trinajstić information content (AvgIpc) is 2.83. The topological polar surface area (TPSA) is 54.5 Å². The van der Waals surface area contributed by atoms with Gasteiger partial charge in [0.15, 0.2) is 0 Å². The summed E-state index contributed by atoms with van der Waals surface area (Å²) in [7, 11) is 3.46. The van der Waals surface area contributed by atoms with E-state index in [1.165, 1.54) is 4.90 Å². The number of ether oxygens (including phenoxy) is 1. The van der Waals surface area contributed by atoms with Crippen LogP contribution in [0, 0.1) is 0 Å². The fraction of sp³-hybridized carbons (Fsp3) is 0.571. The summed E-state index contributed by atoms with van der Waals surface area (Å²) in [5.74, 6) is 0.733. The molecule has 0 aliphatic carbocycles. The van der Waals surface area contributed by atoms with Gasteiger partial charge < -0.3 is 15.0 Å². The highest BCUT2D eigenvalue weighted by Crippen LogP contribution is 2.25. The number of nitrogens with one attached hydrogen (secondary N) is 1. The molecule has 2 rings (SSSR count). The normalized spacial score (nSPS) is 22.3. The van der Waals surface area contributed by atoms with Crippen LogP contribution in [-0.4, -0.2) is 48.6 Å². The molecule has 1 aromatic heterocycles. The Morgan fingerprint density at radius 3 is 2.84 bits per heavy atom. The molecule has 2 heterocycles. The zero-order valence-electron chi connectivity index (χ0n) is 11.8. The SMILES string of the molecule is CN(C)C(=O)c1ccc(NCC2(C)CCCO2)nc1. The Hall–Kier alpha value is -1.62. The molecule has 104 valence electrons. The fourth-order valence-corrected chi connectivity index (χ4v) is 2.14. The first kappa shape index (κ1) is 13.8. The first-order valence-electron chi connectivity index (χ1n) is 6.56. The maximum absolute atomic E-state index is 11.7. The van der Waals surface area contributed by atoms with Crippen molar-refractivity contribution in [2.24, 2.45) is 0 Å². The van der Waals surface area contributed by atoms with Crippen LogP contribution in [0.3, 0.4) is 0 Å². The van der Waals surface area contributed by atoms with Gasteiger partial charge in [0.25, 0.3) is 5.91 Å². The molecular formula is C14H21N3O2. The summed E-state index contributed by atoms with van der Waals surface area (Å²) >= 11 is 0. The number of aromatic nitrogens is 1. The lowest BCUT2D eigenvalue weighted by Crippen LogP contribution is -2.32. The molecule has 0 spiro atoms. The second-order valence-electron chi connectivity index (χ2n) is 5.39. The smallest absolute Gasteiger partial charge is 0.254 e. The Bertz CT molecular complexity index is 437. The molecule has 1 N–H and O–H groups in total. The molecule has 1 fully saturated rings. The van der Waals surface area contributed by atoms with Crippen LogP contribution in [0.1, 0.15) is 30.1 Å². The van der Waals surface area contributed by atoms with Crippen LogP contribution in [0.25, 0.3) is 0 Å². The largest absolute Gasteiger partial charge is 0.373 e. The third-order valence-corrected chi connectivity index (χ3v) is 3.36. The summed E-state index contributed by atoms with van der Waals surface area (Å²) in [5.41, 5.74) is 0.499. The van der Waals surface area contributed by atoms with Gasteiger partial charge in [-0.15, -0.1) is 0 Å². The van der Waals surface area contributed by atoms with Gasteiger partial charge in [-0.25, -0.2) is 4.98 Å². The maximum Gasteiger partial charge on any atom is 0.254 e. The number of carbonyl (C=O) groups excluding carboxylic acids is 1. The van der Waals surface area contributed by atoms with E-state index >= 15 is 0 Å². The number of anilines is 1. The minimum absolute atomic E-state index is 0.0369. The Morgan fingerprint density at radius 1 is 1.53 bits per heavy atom. The molecule has 0 bridgehead atoms. The summed E-state index contributed by atoms with van der Waals surface area (Å²) < 4.78 is 5.70. The number of pyridine rings is 1. The van der Waals surface area contributed by atoms with Crippen molar-refractivity contribution in [3.05, 3.63) is 23.9 Å². The molecule has 19 heavy (non-hydrogen) atoms. The van der Waals surface area contributed by atoms with Gasteiger partial charge in [-0.1, -0.05) is 0 Å². The summed E-state index contributed by atoms with van der Waals surface area (Å²) in [4.78, 5) is 17.5. The van der Waals surface area contributed by atoms with Crippen molar-refractivity contribution in [2.45, 2.75) is 25.4 Å². The molecule has 5 nitrogen and oxygen atoms in total. The number of hydrogen-bond donors (Lipinski definition) is 1. The Kier molecular flexibility index (Phi) is 4.04. The van der Waals surface area contributed by atoms with E-state index < -0.39 is 0 Å². The van der Waals surface area contributed by atoms with Crippen molar-refractivity contribution in [1.29, 1.82) is 0 Å². The van der Waals surface area contributed by atoms with Crippen molar-refractivity contribution >= 4 is 11.7 Å². The molecule has 1 atom stereocenters. The summed E-state index contributed by atoms with van der Waals surface area (Å²) in [5, 5.41) is 3.26. The van der Waals surface area contributed by atoms with Gasteiger partial charge in [-0.2, -0.15) is 0 Å². The van der Waals surface area contributed by atoms with E-state index in [1.54, 1.807) is 26.4 Å². The molecule has 1 unspecified atom stereocenters. The molecule has 1 aliphatic heterocycles. The van der Waals surface area contributed by atoms with E-state index in [9.17, 15) is 4.79 Å². The van der Waals surface area contributed by atoms with Gasteiger partial charge >= 0.3 is 0 Å². The van der Waals surface area contributed by atoms with E-state index in [0.29, 0.717) is 5.56 Å². The third-order valence-electron chi connectivity index (χ3n) is 3.36. The molecule has 1 aliphatic rings. The number of rotatable bonds is 4. The van der Waals surface area contributed by atoms with Gasteiger partial charge in [0.2, 0.25) is 0 Å². The van der Waals surface area contributed by atoms with Crippen LogP contribution in [0.15, 0.2) is 18.3 Å². The maximum atomic E-state index is 11.7. The van der Waals surface area contributed by atoms with Crippen molar-refractivity contribution < 1.29 is 9.53 Å². The van der Waals surface area contributed by atoms with Crippen LogP contribution < -0.4 is 5.32 Å². The van der Waals surface area contributed by atoms with Crippen LogP contribution in [0.2, 0.25) is 0 Å². The molecule has 1 amide bonds. The van der Waals surface area contributed by atoms with Crippen molar-refractivity contribution in [1.82, 2.24) is 9.88 Å². The minimum atomic E-state index is -0.0974. The lowest BCUT2D eigenvalue weighted by molar-refractivity contribution is 0.0314. The molecule has 0 radical (unpaired) electrons. The van der Waals surface area contributed by atoms with Crippen LogP contribution >= 0.6 is 0 Å². The van der Waals surface area contributed by atoms with Gasteiger partial charge in [-0.3, -0.25) is 4.79 Å². The number of hydrogen-bond acceptors (Lipinski definition) is 4. The third kappa shape index (κ3) is 3.44. The van der Waals surface area contributed by atoms with Crippen molar-refractivity contribution in [3.8, 4) is 0 Å². The summed E-state index contributed by atoms with van der Waals surface area (Å²) in [6, 6.07) is 3.62. The molecule has 1 saturated heterocycles. The predicted octanol–water partition coefficient (Wildman–Crippen LogP) is 1.76. The van der Waals surface area contributed by atoms with E-state index in [0.717, 1.165) is 31.8 Å². The van der Waals surface area contributed by atoms with E-state index in [2.05, 4.69) is 17.2 Å². The second kappa shape index (κ2) is 5.57. The standard InChI is InChI=1S/C14H21N3O2/c1-14(7-4-8-19-14)10-16-12-6-5-11(9-15-12)13(18)17(2)3/h5-6,9H,4,7-8,10H2,1-3H3,(H,15,16). The molecular weight excluding hydrogens is 242 g/mol. The van der Waals surface area contributed by atoms with Gasteiger partial charge in [0.1, 0.15) is 5.82 Å². The first-order valence-corrected chi connectivity index (χ1v) is 6.56. The van der Waals surface area contributed by atoms with Crippen LogP contribution in [0.4, 0.5) is 5.82 Å². The highest BCUT2D eigenvalue weighted by Gasteiger charge is 2.29.